The minimum atomic E-state index is -1.97. The third kappa shape index (κ3) is 7.88. The summed E-state index contributed by atoms with van der Waals surface area (Å²) in [5, 5.41) is 0. The molecule has 4 nitrogen and oxygen atoms in total. The molecule has 0 bridgehead atoms. The van der Waals surface area contributed by atoms with E-state index in [1.54, 1.807) is 0 Å². The zero-order valence-corrected chi connectivity index (χ0v) is 14.2. The summed E-state index contributed by atoms with van der Waals surface area (Å²) >= 11 is 5.00. The maximum atomic E-state index is 10.6. The van der Waals surface area contributed by atoms with Crippen molar-refractivity contribution < 1.29 is 31.1 Å². The number of esters is 2. The van der Waals surface area contributed by atoms with Crippen LogP contribution in [0.1, 0.15) is 13.8 Å². The van der Waals surface area contributed by atoms with Gasteiger partial charge in [0.05, 0.1) is 0 Å². The molecule has 0 aliphatic rings. The van der Waals surface area contributed by atoms with Gasteiger partial charge in [-0.1, -0.05) is 0 Å². The van der Waals surface area contributed by atoms with Crippen molar-refractivity contribution in [2.45, 2.75) is 18.4 Å². The third-order valence-electron chi connectivity index (χ3n) is 1.48. The van der Waals surface area contributed by atoms with E-state index in [-0.39, 0.29) is 16.5 Å². The molecule has 0 spiro atoms. The van der Waals surface area contributed by atoms with Crippen LogP contribution in [0.4, 0.5) is 0 Å². The molecule has 0 aromatic carbocycles. The number of halogens is 2. The average molecular weight is 384 g/mol. The van der Waals surface area contributed by atoms with Crippen molar-refractivity contribution in [1.29, 1.82) is 0 Å². The summed E-state index contributed by atoms with van der Waals surface area (Å²) < 4.78 is 9.83. The van der Waals surface area contributed by atoms with Crippen LogP contribution in [0.15, 0.2) is 0 Å². The van der Waals surface area contributed by atoms with Crippen LogP contribution in [-0.4, -0.2) is 25.2 Å². The van der Waals surface area contributed by atoms with Gasteiger partial charge >= 0.3 is 102 Å². The summed E-state index contributed by atoms with van der Waals surface area (Å²) in [6, 6.07) is 0. The predicted molar refractivity (Wildman–Crippen MR) is 54.9 cm³/mol. The summed E-state index contributed by atoms with van der Waals surface area (Å²) in [5.74, 6) is -0.631. The van der Waals surface area contributed by atoms with Crippen LogP contribution in [-0.2, 0) is 31.1 Å². The number of ether oxygens (including phenoxy) is 2. The first-order valence-corrected chi connectivity index (χ1v) is 19.8. The van der Waals surface area contributed by atoms with Gasteiger partial charge in [-0.05, 0) is 0 Å². The maximum absolute atomic E-state index is 10.6. The third-order valence-corrected chi connectivity index (χ3v) is 13.8. The van der Waals surface area contributed by atoms with E-state index in [4.69, 9.17) is 9.47 Å². The Morgan fingerprint density at radius 3 is 1.71 bits per heavy atom. The fourth-order valence-electron chi connectivity index (χ4n) is 0.697. The van der Waals surface area contributed by atoms with Crippen LogP contribution in [0, 0.1) is 0 Å². The van der Waals surface area contributed by atoms with Gasteiger partial charge in [-0.2, -0.15) is 0 Å². The van der Waals surface area contributed by atoms with Gasteiger partial charge in [0.1, 0.15) is 0 Å². The fraction of sp³-hybridized carbons (Fsp3) is 0.714. The van der Waals surface area contributed by atoms with Gasteiger partial charge in [0.2, 0.25) is 0 Å². The fourth-order valence-corrected chi connectivity index (χ4v) is 5.82. The second-order valence-corrected chi connectivity index (χ2v) is 27.4. The quantitative estimate of drug-likeness (QED) is 0.538. The first kappa shape index (κ1) is 14.5. The van der Waals surface area contributed by atoms with E-state index >= 15 is 0 Å². The van der Waals surface area contributed by atoms with Crippen LogP contribution < -0.4 is 0 Å². The molecule has 0 atom stereocenters. The Hall–Kier alpha value is 0.523. The summed E-state index contributed by atoms with van der Waals surface area (Å²) in [4.78, 5) is 21.1. The van der Waals surface area contributed by atoms with Gasteiger partial charge in [0.25, 0.3) is 0 Å². The van der Waals surface area contributed by atoms with Crippen molar-refractivity contribution in [2.75, 3.05) is 13.2 Å². The number of carbonyl (C=O) groups excluding carboxylic acids is 2. The summed E-state index contributed by atoms with van der Waals surface area (Å²) in [7, 11) is 0. The molecule has 0 heterocycles. The van der Waals surface area contributed by atoms with Crippen molar-refractivity contribution in [3.05, 3.63) is 0 Å². The second-order valence-electron chi connectivity index (χ2n) is 2.88. The summed E-state index contributed by atoms with van der Waals surface area (Å²) in [5.41, 5.74) is 0. The standard InChI is InChI=1S/C7H11O4.2BrH.Zn/c1-6(8)10-4-3-5-11-7(2)9;;;/h3H,4-5H2,1-2H3;2*1H;/q;;;+2/p-2. The van der Waals surface area contributed by atoms with Crippen LogP contribution in [0.2, 0.25) is 4.51 Å². The van der Waals surface area contributed by atoms with Crippen LogP contribution in [0.25, 0.3) is 0 Å². The molecule has 14 heavy (non-hydrogen) atoms. The first-order chi connectivity index (χ1) is 6.43. The molecule has 0 radical (unpaired) electrons. The zero-order chi connectivity index (χ0) is 11.1. The van der Waals surface area contributed by atoms with E-state index in [9.17, 15) is 9.59 Å². The van der Waals surface area contributed by atoms with Crippen LogP contribution >= 0.6 is 27.2 Å². The molecule has 0 aliphatic carbocycles. The molecular formula is C7H11Br2O4Zn. The molecule has 0 saturated heterocycles. The molecule has 0 saturated carbocycles. The van der Waals surface area contributed by atoms with Gasteiger partial charge in [-0.25, -0.2) is 0 Å². The van der Waals surface area contributed by atoms with Crippen LogP contribution in [0.3, 0.4) is 0 Å². The molecular weight excluding hydrogens is 373 g/mol. The van der Waals surface area contributed by atoms with Crippen molar-refractivity contribution in [1.82, 2.24) is 0 Å². The Balaban J connectivity index is 3.89. The van der Waals surface area contributed by atoms with Crippen molar-refractivity contribution in [3.8, 4) is 0 Å². The normalized spacial score (nSPS) is 9.79. The summed E-state index contributed by atoms with van der Waals surface area (Å²) in [6.45, 7) is 3.32. The average Bonchev–Trinajstić information content (AvgIpc) is 2.02. The Morgan fingerprint density at radius 1 is 1.14 bits per heavy atom. The molecule has 7 heteroatoms. The zero-order valence-electron chi connectivity index (χ0n) is 8.09. The Kier molecular flexibility index (Phi) is 8.06. The van der Waals surface area contributed by atoms with E-state index in [1.807, 2.05) is 0 Å². The first-order valence-electron chi connectivity index (χ1n) is 4.15. The molecule has 0 unspecified atom stereocenters. The van der Waals surface area contributed by atoms with E-state index in [2.05, 4.69) is 27.2 Å². The van der Waals surface area contributed by atoms with Gasteiger partial charge in [-0.15, -0.1) is 0 Å². The predicted octanol–water partition coefficient (Wildman–Crippen LogP) is 2.14. The number of carbonyl (C=O) groups is 2. The number of hydrogen-bond acceptors (Lipinski definition) is 4. The SMILES string of the molecule is CC(=O)OC[CH](COC(C)=O)[Zn]([Br])[Br]. The molecule has 0 aliphatic heterocycles. The van der Waals surface area contributed by atoms with Crippen molar-refractivity contribution in [3.63, 3.8) is 0 Å². The Bertz CT molecular complexity index is 192. The van der Waals surface area contributed by atoms with Gasteiger partial charge in [0.15, 0.2) is 0 Å². The van der Waals surface area contributed by atoms with Gasteiger partial charge in [0, 0.05) is 0 Å². The molecule has 0 aromatic heterocycles. The Morgan fingerprint density at radius 2 is 1.50 bits per heavy atom. The molecule has 0 fully saturated rings. The molecule has 79 valence electrons. The van der Waals surface area contributed by atoms with Crippen LogP contribution in [0.5, 0.6) is 0 Å². The molecule has 0 rings (SSSR count). The van der Waals surface area contributed by atoms with Crippen molar-refractivity contribution in [2.24, 2.45) is 0 Å². The summed E-state index contributed by atoms with van der Waals surface area (Å²) in [6.07, 6.45) is 0. The molecule has 0 amide bonds. The Labute approximate surface area is 101 Å². The second kappa shape index (κ2) is 7.77. The number of hydrogen-bond donors (Lipinski definition) is 0. The topological polar surface area (TPSA) is 52.6 Å². The number of rotatable bonds is 5. The van der Waals surface area contributed by atoms with Crippen molar-refractivity contribution >= 4 is 39.2 Å². The monoisotopic (exact) mass is 381 g/mol. The minimum absolute atomic E-state index is 0.114. The molecule has 0 N–H and O–H groups in total. The van der Waals surface area contributed by atoms with Gasteiger partial charge in [-0.3, -0.25) is 0 Å². The van der Waals surface area contributed by atoms with E-state index < -0.39 is 12.0 Å². The van der Waals surface area contributed by atoms with E-state index in [0.717, 1.165) is 0 Å². The van der Waals surface area contributed by atoms with Gasteiger partial charge < -0.3 is 0 Å². The van der Waals surface area contributed by atoms with E-state index in [0.29, 0.717) is 13.2 Å². The molecule has 0 aromatic rings. The van der Waals surface area contributed by atoms with E-state index in [1.165, 1.54) is 13.8 Å².